The Morgan fingerprint density at radius 1 is 1.17 bits per heavy atom. The summed E-state index contributed by atoms with van der Waals surface area (Å²) in [5.41, 5.74) is -0.774. The van der Waals surface area contributed by atoms with Crippen molar-refractivity contribution in [2.45, 2.75) is 67.9 Å². The highest BCUT2D eigenvalue weighted by Crippen LogP contribution is 2.44. The van der Waals surface area contributed by atoms with Crippen LogP contribution in [0.15, 0.2) is 30.5 Å². The number of piperazine rings is 1. The van der Waals surface area contributed by atoms with Gasteiger partial charge in [0.15, 0.2) is 5.82 Å². The first-order valence-corrected chi connectivity index (χ1v) is 16.7. The van der Waals surface area contributed by atoms with Gasteiger partial charge in [-0.25, -0.2) is 13.2 Å². The van der Waals surface area contributed by atoms with Crippen LogP contribution in [0.1, 0.15) is 44.1 Å². The summed E-state index contributed by atoms with van der Waals surface area (Å²) in [4.78, 5) is 18.3. The monoisotopic (exact) mass is 656 g/mol. The lowest BCUT2D eigenvalue weighted by molar-refractivity contribution is -0.101. The number of nitrogens with one attached hydrogen (secondary N) is 1. The lowest BCUT2D eigenvalue weighted by Gasteiger charge is -2.49. The highest BCUT2D eigenvalue weighted by Gasteiger charge is 2.53. The van der Waals surface area contributed by atoms with Gasteiger partial charge in [0.1, 0.15) is 41.4 Å². The molecule has 0 amide bonds. The fourth-order valence-corrected chi connectivity index (χ4v) is 9.02. The van der Waals surface area contributed by atoms with Crippen molar-refractivity contribution >= 4 is 27.5 Å². The van der Waals surface area contributed by atoms with Gasteiger partial charge in [-0.2, -0.15) is 9.97 Å². The smallest absolute Gasteiger partial charge is 0.319 e. The van der Waals surface area contributed by atoms with Crippen LogP contribution in [0.25, 0.3) is 32.9 Å². The van der Waals surface area contributed by atoms with Crippen molar-refractivity contribution in [3.05, 3.63) is 47.7 Å². The number of rotatable bonds is 6. The largest absolute Gasteiger partial charge is 0.508 e. The van der Waals surface area contributed by atoms with Crippen LogP contribution < -0.4 is 15.0 Å². The van der Waals surface area contributed by atoms with Crippen molar-refractivity contribution in [2.75, 3.05) is 44.3 Å². The molecule has 0 spiro atoms. The first-order chi connectivity index (χ1) is 23.3. The zero-order valence-corrected chi connectivity index (χ0v) is 26.3. The molecule has 5 atom stereocenters. The van der Waals surface area contributed by atoms with Gasteiger partial charge in [0, 0.05) is 55.9 Å². The number of ether oxygens (including phenoxy) is 2. The van der Waals surface area contributed by atoms with Crippen molar-refractivity contribution in [1.29, 1.82) is 0 Å². The number of fused-ring (bicyclic) bond motifs is 5. The Hall–Kier alpha value is -4.18. The highest BCUT2D eigenvalue weighted by molar-refractivity contribution is 6.03. The molecule has 5 saturated heterocycles. The number of benzene rings is 2. The Kier molecular flexibility index (Phi) is 6.81. The molecule has 0 saturated carbocycles. The van der Waals surface area contributed by atoms with E-state index < -0.39 is 23.3 Å². The summed E-state index contributed by atoms with van der Waals surface area (Å²) in [7, 11) is 0. The number of alkyl halides is 1. The van der Waals surface area contributed by atoms with E-state index in [1.807, 2.05) is 0 Å². The molecule has 1 unspecified atom stereocenters. The standard InChI is InChI=1S/C36H35F3N6O3/c1-2-24-27(38)5-4-20-12-23(46)13-25(29(20)24)31-30(39)32-26(15-40-31)33(44-17-22-6-9-36(18-44,43-22)28-7-11-47-28)42-34(41-32)48-19-35-8-3-10-45(35)16-21(37)14-35/h1,4-5,12-13,15,21-22,28,43,46H,3,6-11,14,16-19H2/t21-,22+,28?,35+,36-/m1/s1. The zero-order valence-electron chi connectivity index (χ0n) is 26.3. The van der Waals surface area contributed by atoms with E-state index in [-0.39, 0.29) is 63.8 Å². The first-order valence-electron chi connectivity index (χ1n) is 16.7. The fourth-order valence-electron chi connectivity index (χ4n) is 9.02. The number of pyridine rings is 1. The van der Waals surface area contributed by atoms with E-state index in [1.165, 1.54) is 30.5 Å². The van der Waals surface area contributed by atoms with E-state index in [2.05, 4.69) is 31.0 Å². The number of phenolic OH excluding ortho intramolecular Hbond substituents is 1. The lowest BCUT2D eigenvalue weighted by atomic mass is 9.85. The van der Waals surface area contributed by atoms with Crippen LogP contribution in [0.2, 0.25) is 0 Å². The summed E-state index contributed by atoms with van der Waals surface area (Å²) in [6, 6.07) is 5.68. The summed E-state index contributed by atoms with van der Waals surface area (Å²) >= 11 is 0. The van der Waals surface area contributed by atoms with Gasteiger partial charge in [-0.1, -0.05) is 12.0 Å². The SMILES string of the molecule is C#Cc1c(F)ccc2cc(O)cc(-c3ncc4c(N5C[C@@H]6CC[C@](C7CCO7)(C5)N6)nc(OC[C@@]56CCCN5C[C@H](F)C6)nc4c3F)c12. The van der Waals surface area contributed by atoms with Gasteiger partial charge in [0.25, 0.3) is 0 Å². The predicted octanol–water partition coefficient (Wildman–Crippen LogP) is 4.87. The second kappa shape index (κ2) is 10.9. The molecule has 9 nitrogen and oxygen atoms in total. The molecule has 7 heterocycles. The van der Waals surface area contributed by atoms with Gasteiger partial charge in [-0.15, -0.1) is 6.42 Å². The molecule has 5 fully saturated rings. The van der Waals surface area contributed by atoms with Crippen LogP contribution in [0.5, 0.6) is 11.8 Å². The maximum absolute atomic E-state index is 17.0. The molecule has 5 aliphatic heterocycles. The normalized spacial score (nSPS) is 29.7. The molecule has 2 N–H and O–H groups in total. The number of halogens is 3. The molecule has 4 aromatic rings. The van der Waals surface area contributed by atoms with Crippen molar-refractivity contribution in [3.63, 3.8) is 0 Å². The third kappa shape index (κ3) is 4.55. The van der Waals surface area contributed by atoms with Crippen LogP contribution >= 0.6 is 0 Å². The van der Waals surface area contributed by atoms with Crippen molar-refractivity contribution in [2.24, 2.45) is 0 Å². The van der Waals surface area contributed by atoms with Gasteiger partial charge in [0.2, 0.25) is 0 Å². The third-order valence-electron chi connectivity index (χ3n) is 11.3. The van der Waals surface area contributed by atoms with Crippen molar-refractivity contribution in [1.82, 2.24) is 25.2 Å². The summed E-state index contributed by atoms with van der Waals surface area (Å²) < 4.78 is 58.7. The minimum Gasteiger partial charge on any atom is -0.508 e. The third-order valence-corrected chi connectivity index (χ3v) is 11.3. The lowest BCUT2D eigenvalue weighted by Crippen LogP contribution is -2.67. The Morgan fingerprint density at radius 2 is 2.04 bits per heavy atom. The van der Waals surface area contributed by atoms with Crippen LogP contribution in [0, 0.1) is 24.0 Å². The fraction of sp³-hybridized carbons (Fsp3) is 0.472. The highest BCUT2D eigenvalue weighted by atomic mass is 19.1. The quantitative estimate of drug-likeness (QED) is 0.282. The molecule has 248 valence electrons. The predicted molar refractivity (Wildman–Crippen MR) is 174 cm³/mol. The second-order valence-electron chi connectivity index (χ2n) is 14.1. The van der Waals surface area contributed by atoms with E-state index in [4.69, 9.17) is 20.9 Å². The average molecular weight is 657 g/mol. The molecular formula is C36H35F3N6O3. The summed E-state index contributed by atoms with van der Waals surface area (Å²) in [6.45, 7) is 3.35. The molecule has 2 aromatic carbocycles. The van der Waals surface area contributed by atoms with Gasteiger partial charge in [-0.3, -0.25) is 9.88 Å². The number of aromatic hydroxyl groups is 1. The average Bonchev–Trinajstić information content (AvgIpc) is 3.67. The van der Waals surface area contributed by atoms with Crippen molar-refractivity contribution < 1.29 is 27.8 Å². The molecular weight excluding hydrogens is 621 g/mol. The number of phenols is 1. The maximum Gasteiger partial charge on any atom is 0.319 e. The number of hydrogen-bond donors (Lipinski definition) is 2. The first kappa shape index (κ1) is 29.9. The Morgan fingerprint density at radius 3 is 2.85 bits per heavy atom. The zero-order chi connectivity index (χ0) is 32.8. The molecule has 2 bridgehead atoms. The van der Waals surface area contributed by atoms with Gasteiger partial charge < -0.3 is 24.8 Å². The van der Waals surface area contributed by atoms with Gasteiger partial charge in [-0.05, 0) is 62.2 Å². The van der Waals surface area contributed by atoms with E-state index in [9.17, 15) is 13.9 Å². The second-order valence-corrected chi connectivity index (χ2v) is 14.1. The maximum atomic E-state index is 17.0. The number of hydrogen-bond acceptors (Lipinski definition) is 9. The molecule has 2 aromatic heterocycles. The summed E-state index contributed by atoms with van der Waals surface area (Å²) in [5.74, 6) is 1.31. The molecule has 5 aliphatic rings. The van der Waals surface area contributed by atoms with Crippen LogP contribution in [-0.4, -0.2) is 93.7 Å². The molecule has 48 heavy (non-hydrogen) atoms. The van der Waals surface area contributed by atoms with E-state index >= 15 is 4.39 Å². The summed E-state index contributed by atoms with van der Waals surface area (Å²) in [6.07, 6.45) is 11.4. The molecule has 12 heteroatoms. The van der Waals surface area contributed by atoms with Gasteiger partial charge in [0.05, 0.1) is 28.1 Å². The Bertz CT molecular complexity index is 2020. The van der Waals surface area contributed by atoms with E-state index in [0.717, 1.165) is 45.3 Å². The number of nitrogens with zero attached hydrogens (tertiary/aromatic N) is 5. The Balaban J connectivity index is 1.19. The molecule has 0 aliphatic carbocycles. The molecule has 0 radical (unpaired) electrons. The molecule has 9 rings (SSSR count). The minimum atomic E-state index is -0.927. The number of aromatic nitrogens is 3. The van der Waals surface area contributed by atoms with Gasteiger partial charge >= 0.3 is 6.01 Å². The number of anilines is 1. The van der Waals surface area contributed by atoms with E-state index in [1.54, 1.807) is 0 Å². The van der Waals surface area contributed by atoms with Crippen LogP contribution in [-0.2, 0) is 4.74 Å². The van der Waals surface area contributed by atoms with Crippen LogP contribution in [0.3, 0.4) is 0 Å². The number of terminal acetylenes is 1. The van der Waals surface area contributed by atoms with E-state index in [0.29, 0.717) is 42.6 Å². The topological polar surface area (TPSA) is 95.9 Å². The summed E-state index contributed by atoms with van der Waals surface area (Å²) in [5, 5.41) is 15.5. The van der Waals surface area contributed by atoms with Crippen molar-refractivity contribution in [3.8, 4) is 35.4 Å². The Labute approximate surface area is 275 Å². The minimum absolute atomic E-state index is 0.00645. The van der Waals surface area contributed by atoms with Crippen LogP contribution in [0.4, 0.5) is 19.0 Å².